The molecule has 23 heavy (non-hydrogen) atoms. The van der Waals surface area contributed by atoms with Gasteiger partial charge in [-0.3, -0.25) is 14.5 Å². The molecule has 1 N–H and O–H groups in total. The van der Waals surface area contributed by atoms with E-state index in [4.69, 9.17) is 4.42 Å². The molecular weight excluding hydrogens is 296 g/mol. The third kappa shape index (κ3) is 2.39. The number of carbonyl (C=O) groups is 1. The van der Waals surface area contributed by atoms with Gasteiger partial charge in [0.25, 0.3) is 5.91 Å². The Morgan fingerprint density at radius 1 is 1.35 bits per heavy atom. The lowest BCUT2D eigenvalue weighted by atomic mass is 10.2. The maximum absolute atomic E-state index is 12.2. The summed E-state index contributed by atoms with van der Waals surface area (Å²) >= 11 is 0. The van der Waals surface area contributed by atoms with E-state index in [2.05, 4.69) is 25.4 Å². The summed E-state index contributed by atoms with van der Waals surface area (Å²) in [6, 6.07) is 5.30. The minimum atomic E-state index is -0.254. The molecule has 8 heteroatoms. The van der Waals surface area contributed by atoms with E-state index in [1.54, 1.807) is 42.3 Å². The fourth-order valence-electron chi connectivity index (χ4n) is 2.30. The van der Waals surface area contributed by atoms with E-state index in [0.717, 1.165) is 11.0 Å². The van der Waals surface area contributed by atoms with Crippen molar-refractivity contribution in [3.05, 3.63) is 48.2 Å². The van der Waals surface area contributed by atoms with Crippen LogP contribution in [0.2, 0.25) is 0 Å². The number of aryl methyl sites for hydroxylation is 1. The molecule has 0 saturated heterocycles. The summed E-state index contributed by atoms with van der Waals surface area (Å²) in [5.74, 6) is 0.150. The first-order valence-corrected chi connectivity index (χ1v) is 6.97. The zero-order chi connectivity index (χ0) is 15.8. The van der Waals surface area contributed by atoms with E-state index in [1.165, 1.54) is 6.20 Å². The summed E-state index contributed by atoms with van der Waals surface area (Å²) in [4.78, 5) is 24.8. The van der Waals surface area contributed by atoms with Gasteiger partial charge in [0.1, 0.15) is 5.52 Å². The Morgan fingerprint density at radius 3 is 3.13 bits per heavy atom. The smallest absolute Gasteiger partial charge is 0.253 e. The normalized spacial score (nSPS) is 11.2. The zero-order valence-electron chi connectivity index (χ0n) is 12.2. The molecule has 114 valence electrons. The monoisotopic (exact) mass is 308 g/mol. The van der Waals surface area contributed by atoms with Crippen molar-refractivity contribution in [3.8, 4) is 0 Å². The molecule has 1 amide bonds. The molecule has 0 aliphatic rings. The van der Waals surface area contributed by atoms with E-state index in [9.17, 15) is 4.79 Å². The molecule has 0 aromatic carbocycles. The van der Waals surface area contributed by atoms with Gasteiger partial charge in [-0.15, -0.1) is 0 Å². The van der Waals surface area contributed by atoms with Crippen LogP contribution in [-0.4, -0.2) is 30.6 Å². The zero-order valence-corrected chi connectivity index (χ0v) is 12.2. The highest BCUT2D eigenvalue weighted by atomic mass is 16.3. The summed E-state index contributed by atoms with van der Waals surface area (Å²) in [5, 5.41) is 6.86. The van der Waals surface area contributed by atoms with Gasteiger partial charge in [-0.2, -0.15) is 10.1 Å². The molecule has 4 rings (SSSR count). The van der Waals surface area contributed by atoms with Crippen molar-refractivity contribution in [1.82, 2.24) is 30.0 Å². The van der Waals surface area contributed by atoms with Crippen molar-refractivity contribution in [1.29, 1.82) is 0 Å². The number of hydrogen-bond donors (Lipinski definition) is 1. The summed E-state index contributed by atoms with van der Waals surface area (Å²) in [5.41, 5.74) is 3.11. The molecule has 0 spiro atoms. The summed E-state index contributed by atoms with van der Waals surface area (Å²) in [6.45, 7) is 0.179. The highest BCUT2D eigenvalue weighted by Gasteiger charge is 2.11. The quantitative estimate of drug-likeness (QED) is 0.615. The number of rotatable bonds is 3. The Labute approximate surface area is 130 Å². The molecule has 0 aliphatic carbocycles. The topological polar surface area (TPSA) is 98.7 Å². The van der Waals surface area contributed by atoms with Gasteiger partial charge >= 0.3 is 0 Å². The van der Waals surface area contributed by atoms with E-state index in [1.807, 2.05) is 0 Å². The van der Waals surface area contributed by atoms with Gasteiger partial charge in [0.05, 0.1) is 23.8 Å². The standard InChI is InChI=1S/C15H12N6O2/c1-21-11-5-9(6-17-10(11)7-19-21)15(22)18-8-13-20-14-12(23-13)3-2-4-16-14/h2-7H,8H2,1H3,(H,18,22). The van der Waals surface area contributed by atoms with E-state index >= 15 is 0 Å². The third-order valence-corrected chi connectivity index (χ3v) is 3.47. The van der Waals surface area contributed by atoms with Gasteiger partial charge in [0, 0.05) is 19.4 Å². The van der Waals surface area contributed by atoms with Gasteiger partial charge in [-0.05, 0) is 18.2 Å². The number of fused-ring (bicyclic) bond motifs is 2. The number of carbonyl (C=O) groups excluding carboxylic acids is 1. The van der Waals surface area contributed by atoms with Crippen molar-refractivity contribution in [3.63, 3.8) is 0 Å². The lowest BCUT2D eigenvalue weighted by Crippen LogP contribution is -2.23. The fourth-order valence-corrected chi connectivity index (χ4v) is 2.30. The first-order valence-electron chi connectivity index (χ1n) is 6.97. The van der Waals surface area contributed by atoms with Crippen LogP contribution in [0.5, 0.6) is 0 Å². The predicted octanol–water partition coefficient (Wildman–Crippen LogP) is 1.43. The maximum Gasteiger partial charge on any atom is 0.253 e. The molecule has 4 aromatic rings. The van der Waals surface area contributed by atoms with Crippen molar-refractivity contribution in [2.45, 2.75) is 6.54 Å². The molecule has 4 heterocycles. The Morgan fingerprint density at radius 2 is 2.26 bits per heavy atom. The van der Waals surface area contributed by atoms with E-state index in [0.29, 0.717) is 22.7 Å². The van der Waals surface area contributed by atoms with Gasteiger partial charge in [-0.25, -0.2) is 4.98 Å². The first-order chi connectivity index (χ1) is 11.2. The molecule has 0 atom stereocenters. The Balaban J connectivity index is 1.53. The van der Waals surface area contributed by atoms with Crippen LogP contribution < -0.4 is 5.32 Å². The minimum Gasteiger partial charge on any atom is -0.437 e. The lowest BCUT2D eigenvalue weighted by Gasteiger charge is -2.03. The molecule has 0 aliphatic heterocycles. The van der Waals surface area contributed by atoms with Crippen LogP contribution in [0.1, 0.15) is 16.2 Å². The molecule has 0 unspecified atom stereocenters. The third-order valence-electron chi connectivity index (χ3n) is 3.47. The molecule has 4 aromatic heterocycles. The van der Waals surface area contributed by atoms with Crippen LogP contribution in [0, 0.1) is 0 Å². The molecule has 0 fully saturated rings. The number of aromatic nitrogens is 5. The van der Waals surface area contributed by atoms with Crippen molar-refractivity contribution >= 4 is 28.2 Å². The second-order valence-electron chi connectivity index (χ2n) is 5.01. The largest absolute Gasteiger partial charge is 0.437 e. The average molecular weight is 308 g/mol. The maximum atomic E-state index is 12.2. The van der Waals surface area contributed by atoms with Gasteiger partial charge in [0.15, 0.2) is 11.2 Å². The Hall–Kier alpha value is -3.29. The van der Waals surface area contributed by atoms with Crippen LogP contribution >= 0.6 is 0 Å². The number of pyridine rings is 2. The number of nitrogens with one attached hydrogen (secondary N) is 1. The Kier molecular flexibility index (Phi) is 3.00. The van der Waals surface area contributed by atoms with Crippen LogP contribution in [-0.2, 0) is 13.6 Å². The summed E-state index contributed by atoms with van der Waals surface area (Å²) in [6.07, 6.45) is 4.82. The van der Waals surface area contributed by atoms with Crippen molar-refractivity contribution in [2.24, 2.45) is 7.05 Å². The van der Waals surface area contributed by atoms with Gasteiger partial charge in [-0.1, -0.05) is 0 Å². The molecule has 8 nitrogen and oxygen atoms in total. The summed E-state index contributed by atoms with van der Waals surface area (Å²) in [7, 11) is 1.80. The number of oxazole rings is 1. The molecule has 0 bridgehead atoms. The van der Waals surface area contributed by atoms with Crippen molar-refractivity contribution in [2.75, 3.05) is 0 Å². The Bertz CT molecular complexity index is 986. The van der Waals surface area contributed by atoms with Crippen LogP contribution in [0.15, 0.2) is 41.2 Å². The van der Waals surface area contributed by atoms with Crippen LogP contribution in [0.4, 0.5) is 0 Å². The number of hydrogen-bond acceptors (Lipinski definition) is 6. The minimum absolute atomic E-state index is 0.179. The van der Waals surface area contributed by atoms with Crippen LogP contribution in [0.3, 0.4) is 0 Å². The van der Waals surface area contributed by atoms with Gasteiger partial charge < -0.3 is 9.73 Å². The fraction of sp³-hybridized carbons (Fsp3) is 0.133. The number of nitrogens with zero attached hydrogens (tertiary/aromatic N) is 5. The molecule has 0 saturated carbocycles. The second-order valence-corrected chi connectivity index (χ2v) is 5.01. The van der Waals surface area contributed by atoms with Gasteiger partial charge in [0.2, 0.25) is 5.89 Å². The van der Waals surface area contributed by atoms with Crippen LogP contribution in [0.25, 0.3) is 22.3 Å². The lowest BCUT2D eigenvalue weighted by molar-refractivity contribution is 0.0947. The molecule has 0 radical (unpaired) electrons. The predicted molar refractivity (Wildman–Crippen MR) is 81.5 cm³/mol. The second kappa shape index (κ2) is 5.16. The SMILES string of the molecule is Cn1ncc2ncc(C(=O)NCc3nc4ncccc4o3)cc21. The van der Waals surface area contributed by atoms with E-state index < -0.39 is 0 Å². The highest BCUT2D eigenvalue weighted by Crippen LogP contribution is 2.13. The average Bonchev–Trinajstić information content (AvgIpc) is 3.16. The highest BCUT2D eigenvalue weighted by molar-refractivity contribution is 5.96. The first kappa shape index (κ1) is 13.4. The molecular formula is C15H12N6O2. The van der Waals surface area contributed by atoms with Crippen molar-refractivity contribution < 1.29 is 9.21 Å². The number of amides is 1. The van der Waals surface area contributed by atoms with E-state index in [-0.39, 0.29) is 12.5 Å². The summed E-state index contributed by atoms with van der Waals surface area (Å²) < 4.78 is 7.19.